The number of nitrogens with one attached hydrogen (secondary N) is 1. The molecule has 8 nitrogen and oxygen atoms in total. The molecule has 16 heavy (non-hydrogen) atoms. The fourth-order valence-corrected chi connectivity index (χ4v) is 0.860. The van der Waals surface area contributed by atoms with Crippen LogP contribution in [0.15, 0.2) is 22.6 Å². The summed E-state index contributed by atoms with van der Waals surface area (Å²) in [7, 11) is 0. The van der Waals surface area contributed by atoms with Crippen LogP contribution in [-0.2, 0) is 4.74 Å². The van der Waals surface area contributed by atoms with Crippen LogP contribution >= 0.6 is 0 Å². The third-order valence-corrected chi connectivity index (χ3v) is 1.50. The molecule has 0 saturated heterocycles. The first-order valence-corrected chi connectivity index (χ1v) is 4.17. The fraction of sp³-hybridized carbons (Fsp3) is 0.125. The van der Waals surface area contributed by atoms with Crippen LogP contribution in [0.5, 0.6) is 0 Å². The third kappa shape index (κ3) is 3.42. The van der Waals surface area contributed by atoms with Gasteiger partial charge < -0.3 is 9.15 Å². The molecule has 0 aromatic carbocycles. The molecule has 3 N–H and O–H groups in total. The Hall–Kier alpha value is -2.35. The number of amides is 1. The predicted octanol–water partition coefficient (Wildman–Crippen LogP) is 0.801. The molecule has 86 valence electrons. The summed E-state index contributed by atoms with van der Waals surface area (Å²) >= 11 is 0. The summed E-state index contributed by atoms with van der Waals surface area (Å²) in [5.41, 5.74) is 1.77. The van der Waals surface area contributed by atoms with Gasteiger partial charge in [0.25, 0.3) is 0 Å². The Labute approximate surface area is 89.8 Å². The number of nitrogens with two attached hydrogens (primary N) is 1. The SMILES string of the molecule is NNC(=O)OCC=Cc1ccc([N+](=O)[O-])o1. The van der Waals surface area contributed by atoms with Crippen LogP contribution < -0.4 is 11.3 Å². The van der Waals surface area contributed by atoms with Crippen LogP contribution in [-0.4, -0.2) is 17.6 Å². The number of nitrogens with zero attached hydrogens (tertiary/aromatic N) is 1. The third-order valence-electron chi connectivity index (χ3n) is 1.50. The quantitative estimate of drug-likeness (QED) is 0.339. The summed E-state index contributed by atoms with van der Waals surface area (Å²) < 4.78 is 9.34. The average molecular weight is 227 g/mol. The molecule has 0 aliphatic heterocycles. The number of rotatable bonds is 4. The summed E-state index contributed by atoms with van der Waals surface area (Å²) in [6.07, 6.45) is 2.13. The average Bonchev–Trinajstić information content (AvgIpc) is 2.72. The highest BCUT2D eigenvalue weighted by Crippen LogP contribution is 2.16. The van der Waals surface area contributed by atoms with Gasteiger partial charge in [0.2, 0.25) is 0 Å². The minimum Gasteiger partial charge on any atom is -0.444 e. The van der Waals surface area contributed by atoms with E-state index in [0.717, 1.165) is 0 Å². The molecule has 0 aliphatic rings. The van der Waals surface area contributed by atoms with E-state index < -0.39 is 11.0 Å². The molecular weight excluding hydrogens is 218 g/mol. The lowest BCUT2D eigenvalue weighted by Gasteiger charge is -1.97. The zero-order chi connectivity index (χ0) is 12.0. The second-order valence-corrected chi connectivity index (χ2v) is 2.58. The predicted molar refractivity (Wildman–Crippen MR) is 53.1 cm³/mol. The number of furan rings is 1. The second-order valence-electron chi connectivity index (χ2n) is 2.58. The van der Waals surface area contributed by atoms with E-state index in [1.54, 1.807) is 5.43 Å². The van der Waals surface area contributed by atoms with Gasteiger partial charge in [0.05, 0.1) is 6.07 Å². The van der Waals surface area contributed by atoms with Crippen LogP contribution in [0, 0.1) is 10.1 Å². The van der Waals surface area contributed by atoms with E-state index in [1.165, 1.54) is 24.3 Å². The topological polar surface area (TPSA) is 121 Å². The maximum atomic E-state index is 10.5. The van der Waals surface area contributed by atoms with Crippen molar-refractivity contribution in [1.29, 1.82) is 0 Å². The second kappa shape index (κ2) is 5.51. The smallest absolute Gasteiger partial charge is 0.433 e. The van der Waals surface area contributed by atoms with E-state index in [4.69, 9.17) is 10.3 Å². The molecule has 1 heterocycles. The molecule has 0 saturated carbocycles. The molecule has 0 spiro atoms. The lowest BCUT2D eigenvalue weighted by molar-refractivity contribution is -0.402. The normalized spacial score (nSPS) is 10.3. The van der Waals surface area contributed by atoms with Crippen molar-refractivity contribution in [2.75, 3.05) is 6.61 Å². The lowest BCUT2D eigenvalue weighted by atomic mass is 10.4. The molecule has 0 unspecified atom stereocenters. The molecule has 0 fully saturated rings. The van der Waals surface area contributed by atoms with E-state index in [1.807, 2.05) is 0 Å². The molecule has 0 aliphatic carbocycles. The maximum absolute atomic E-state index is 10.5. The Morgan fingerprint density at radius 3 is 3.00 bits per heavy atom. The first-order chi connectivity index (χ1) is 7.63. The van der Waals surface area contributed by atoms with Crippen molar-refractivity contribution >= 4 is 18.1 Å². The first kappa shape index (κ1) is 11.7. The number of ether oxygens (including phenoxy) is 1. The Balaban J connectivity index is 2.44. The van der Waals surface area contributed by atoms with Gasteiger partial charge in [-0.05, 0) is 18.2 Å². The van der Waals surface area contributed by atoms with E-state index >= 15 is 0 Å². The van der Waals surface area contributed by atoms with Gasteiger partial charge in [-0.3, -0.25) is 15.5 Å². The fourth-order valence-electron chi connectivity index (χ4n) is 0.860. The van der Waals surface area contributed by atoms with Crippen LogP contribution in [0.3, 0.4) is 0 Å². The molecule has 8 heteroatoms. The zero-order valence-corrected chi connectivity index (χ0v) is 8.08. The minimum atomic E-state index is -0.768. The number of hydrazine groups is 1. The van der Waals surface area contributed by atoms with E-state index in [0.29, 0.717) is 5.76 Å². The molecule has 1 amide bonds. The van der Waals surface area contributed by atoms with Crippen LogP contribution in [0.1, 0.15) is 5.76 Å². The zero-order valence-electron chi connectivity index (χ0n) is 8.08. The van der Waals surface area contributed by atoms with Crippen molar-refractivity contribution in [2.45, 2.75) is 0 Å². The van der Waals surface area contributed by atoms with E-state index in [2.05, 4.69) is 4.74 Å². The molecule has 1 rings (SSSR count). The molecule has 1 aromatic rings. The Kier molecular flexibility index (Phi) is 4.04. The largest absolute Gasteiger partial charge is 0.444 e. The monoisotopic (exact) mass is 227 g/mol. The summed E-state index contributed by atoms with van der Waals surface area (Å²) in [6.45, 7) is -0.0163. The van der Waals surface area contributed by atoms with Crippen molar-refractivity contribution in [3.8, 4) is 0 Å². The highest BCUT2D eigenvalue weighted by molar-refractivity contribution is 5.66. The van der Waals surface area contributed by atoms with Gasteiger partial charge in [0.1, 0.15) is 17.3 Å². The highest BCUT2D eigenvalue weighted by Gasteiger charge is 2.09. The van der Waals surface area contributed by atoms with Crippen LogP contribution in [0.4, 0.5) is 10.7 Å². The molecular formula is C8H9N3O5. The summed E-state index contributed by atoms with van der Waals surface area (Å²) in [6, 6.07) is 2.66. The van der Waals surface area contributed by atoms with Crippen molar-refractivity contribution < 1.29 is 18.9 Å². The number of hydrogen-bond donors (Lipinski definition) is 2. The van der Waals surface area contributed by atoms with E-state index in [9.17, 15) is 14.9 Å². The van der Waals surface area contributed by atoms with Crippen molar-refractivity contribution in [3.63, 3.8) is 0 Å². The molecule has 1 aromatic heterocycles. The van der Waals surface area contributed by atoms with Crippen molar-refractivity contribution in [3.05, 3.63) is 34.1 Å². The van der Waals surface area contributed by atoms with E-state index in [-0.39, 0.29) is 12.5 Å². The van der Waals surface area contributed by atoms with Crippen molar-refractivity contribution in [1.82, 2.24) is 5.43 Å². The maximum Gasteiger partial charge on any atom is 0.433 e. The summed E-state index contributed by atoms with van der Waals surface area (Å²) in [5, 5.41) is 10.3. The lowest BCUT2D eigenvalue weighted by Crippen LogP contribution is -2.30. The van der Waals surface area contributed by atoms with Gasteiger partial charge in [-0.25, -0.2) is 10.6 Å². The standard InChI is InChI=1S/C8H9N3O5/c9-10-8(12)15-5-1-2-6-3-4-7(16-6)11(13)14/h1-4H,5,9H2,(H,10,12). The first-order valence-electron chi connectivity index (χ1n) is 4.17. The Morgan fingerprint density at radius 1 is 1.69 bits per heavy atom. The van der Waals surface area contributed by atoms with Crippen LogP contribution in [0.2, 0.25) is 0 Å². The summed E-state index contributed by atoms with van der Waals surface area (Å²) in [5.74, 6) is 4.71. The number of carbonyl (C=O) groups excluding carboxylic acids is 1. The molecule has 0 radical (unpaired) electrons. The molecule has 0 bridgehead atoms. The Morgan fingerprint density at radius 2 is 2.44 bits per heavy atom. The van der Waals surface area contributed by atoms with Gasteiger partial charge in [-0.1, -0.05) is 0 Å². The van der Waals surface area contributed by atoms with Crippen LogP contribution in [0.25, 0.3) is 6.08 Å². The van der Waals surface area contributed by atoms with Crippen molar-refractivity contribution in [2.24, 2.45) is 5.84 Å². The minimum absolute atomic E-state index is 0.0163. The summed E-state index contributed by atoms with van der Waals surface area (Å²) in [4.78, 5) is 20.1. The highest BCUT2D eigenvalue weighted by atomic mass is 16.6. The number of nitro groups is 1. The van der Waals surface area contributed by atoms with Gasteiger partial charge in [0.15, 0.2) is 0 Å². The number of hydrogen-bond acceptors (Lipinski definition) is 6. The van der Waals surface area contributed by atoms with Gasteiger partial charge >= 0.3 is 12.0 Å². The Bertz CT molecular complexity index is 412. The number of carbonyl (C=O) groups is 1. The molecule has 0 atom stereocenters. The van der Waals surface area contributed by atoms with Gasteiger partial charge in [-0.15, -0.1) is 0 Å². The van der Waals surface area contributed by atoms with Gasteiger partial charge in [0, 0.05) is 0 Å². The van der Waals surface area contributed by atoms with Gasteiger partial charge in [-0.2, -0.15) is 0 Å².